The Labute approximate surface area is 246 Å². The highest BCUT2D eigenvalue weighted by molar-refractivity contribution is 7.80. The van der Waals surface area contributed by atoms with Crippen molar-refractivity contribution in [3.05, 3.63) is 95.6 Å². The molecule has 0 amide bonds. The zero-order valence-electron chi connectivity index (χ0n) is 23.8. The van der Waals surface area contributed by atoms with Crippen molar-refractivity contribution in [1.29, 1.82) is 0 Å². The van der Waals surface area contributed by atoms with E-state index in [1.54, 1.807) is 14.2 Å². The van der Waals surface area contributed by atoms with Crippen molar-refractivity contribution in [2.75, 3.05) is 50.3 Å². The van der Waals surface area contributed by atoms with Gasteiger partial charge < -0.3 is 33.9 Å². The van der Waals surface area contributed by atoms with Gasteiger partial charge in [0.15, 0.2) is 5.11 Å². The third-order valence-electron chi connectivity index (χ3n) is 8.02. The van der Waals surface area contributed by atoms with Crippen LogP contribution in [-0.2, 0) is 4.74 Å². The van der Waals surface area contributed by atoms with E-state index in [0.29, 0.717) is 10.9 Å². The lowest BCUT2D eigenvalue weighted by atomic mass is 9.96. The van der Waals surface area contributed by atoms with Gasteiger partial charge in [-0.1, -0.05) is 6.07 Å². The van der Waals surface area contributed by atoms with E-state index in [4.69, 9.17) is 31.4 Å². The number of aryl methyl sites for hydroxylation is 1. The maximum atomic E-state index is 5.99. The van der Waals surface area contributed by atoms with Gasteiger partial charge in [0.2, 0.25) is 0 Å². The van der Waals surface area contributed by atoms with Crippen LogP contribution in [-0.4, -0.2) is 55.2 Å². The summed E-state index contributed by atoms with van der Waals surface area (Å²) in [7, 11) is 3.34. The minimum atomic E-state index is -0.175. The summed E-state index contributed by atoms with van der Waals surface area (Å²) in [6, 6.07) is 22.5. The van der Waals surface area contributed by atoms with Crippen molar-refractivity contribution in [3.63, 3.8) is 0 Å². The van der Waals surface area contributed by atoms with E-state index in [-0.39, 0.29) is 12.1 Å². The Kier molecular flexibility index (Phi) is 7.55. The first-order valence-electron chi connectivity index (χ1n) is 13.8. The second kappa shape index (κ2) is 11.4. The molecule has 2 fully saturated rings. The summed E-state index contributed by atoms with van der Waals surface area (Å²) < 4.78 is 19.2. The molecule has 4 heterocycles. The number of aromatic nitrogens is 2. The molecule has 0 aliphatic carbocycles. The molecular formula is C32H35N5O3S. The van der Waals surface area contributed by atoms with Gasteiger partial charge in [-0.15, -0.1) is 0 Å². The molecule has 2 saturated heterocycles. The first kappa shape index (κ1) is 27.1. The van der Waals surface area contributed by atoms with Crippen molar-refractivity contribution in [2.45, 2.75) is 25.9 Å². The third kappa shape index (κ3) is 5.00. The van der Waals surface area contributed by atoms with Gasteiger partial charge in [-0.25, -0.2) is 0 Å². The molecule has 9 heteroatoms. The highest BCUT2D eigenvalue weighted by Gasteiger charge is 2.43. The van der Waals surface area contributed by atoms with Crippen molar-refractivity contribution in [1.82, 2.24) is 14.9 Å². The van der Waals surface area contributed by atoms with E-state index in [1.807, 2.05) is 42.6 Å². The fraction of sp³-hybridized carbons (Fsp3) is 0.312. The fourth-order valence-corrected chi connectivity index (χ4v) is 6.37. The van der Waals surface area contributed by atoms with Crippen molar-refractivity contribution >= 4 is 28.7 Å². The smallest absolute Gasteiger partial charge is 0.174 e. The molecule has 8 nitrogen and oxygen atoms in total. The molecule has 6 rings (SSSR count). The van der Waals surface area contributed by atoms with Crippen LogP contribution in [0.4, 0.5) is 11.4 Å². The van der Waals surface area contributed by atoms with E-state index in [0.717, 1.165) is 66.1 Å². The fourth-order valence-electron chi connectivity index (χ4n) is 6.03. The zero-order valence-corrected chi connectivity index (χ0v) is 24.6. The molecule has 0 radical (unpaired) electrons. The second-order valence-corrected chi connectivity index (χ2v) is 10.7. The quantitative estimate of drug-likeness (QED) is 0.292. The minimum Gasteiger partial charge on any atom is -0.497 e. The van der Waals surface area contributed by atoms with Crippen LogP contribution in [0.25, 0.3) is 5.69 Å². The molecule has 2 aliphatic heterocycles. The Hall–Kier alpha value is -4.08. The largest absolute Gasteiger partial charge is 0.497 e. The Balaban J connectivity index is 1.45. The van der Waals surface area contributed by atoms with E-state index >= 15 is 0 Å². The molecule has 4 aromatic rings. The number of benzene rings is 2. The number of nitrogens with one attached hydrogen (secondary N) is 1. The molecule has 2 aromatic heterocycles. The third-order valence-corrected chi connectivity index (χ3v) is 8.33. The number of ether oxygens (including phenoxy) is 3. The average Bonchev–Trinajstić information content (AvgIpc) is 3.52. The summed E-state index contributed by atoms with van der Waals surface area (Å²) in [5, 5.41) is 4.18. The number of anilines is 2. The molecule has 0 saturated carbocycles. The Morgan fingerprint density at radius 1 is 0.927 bits per heavy atom. The number of hydrogen-bond acceptors (Lipinski definition) is 6. The summed E-state index contributed by atoms with van der Waals surface area (Å²) in [5.41, 5.74) is 7.55. The first-order chi connectivity index (χ1) is 20.0. The molecule has 0 bridgehead atoms. The summed E-state index contributed by atoms with van der Waals surface area (Å²) >= 11 is 5.99. The predicted molar refractivity (Wildman–Crippen MR) is 166 cm³/mol. The number of hydrogen-bond donors (Lipinski definition) is 1. The van der Waals surface area contributed by atoms with E-state index < -0.39 is 0 Å². The minimum absolute atomic E-state index is 0.169. The van der Waals surface area contributed by atoms with Crippen LogP contribution in [0.2, 0.25) is 0 Å². The molecular weight excluding hydrogens is 534 g/mol. The van der Waals surface area contributed by atoms with Gasteiger partial charge in [-0.05, 0) is 86.2 Å². The van der Waals surface area contributed by atoms with Gasteiger partial charge >= 0.3 is 0 Å². The molecule has 2 aromatic carbocycles. The number of morpholine rings is 1. The molecule has 2 atom stereocenters. The van der Waals surface area contributed by atoms with Gasteiger partial charge in [-0.2, -0.15) is 0 Å². The number of methoxy groups -OCH3 is 2. The van der Waals surface area contributed by atoms with Gasteiger partial charge in [-0.3, -0.25) is 4.98 Å². The van der Waals surface area contributed by atoms with Crippen molar-refractivity contribution in [2.24, 2.45) is 0 Å². The summed E-state index contributed by atoms with van der Waals surface area (Å²) in [6.07, 6.45) is 1.82. The Morgan fingerprint density at radius 2 is 1.68 bits per heavy atom. The second-order valence-electron chi connectivity index (χ2n) is 10.3. The van der Waals surface area contributed by atoms with Crippen molar-refractivity contribution in [3.8, 4) is 17.2 Å². The van der Waals surface area contributed by atoms with E-state index in [1.165, 1.54) is 5.69 Å². The maximum absolute atomic E-state index is 5.99. The molecule has 0 spiro atoms. The zero-order chi connectivity index (χ0) is 28.5. The monoisotopic (exact) mass is 569 g/mol. The standard InChI is InChI=1S/C32H35N5O3S/c1-21-19-26(22(2)36(21)24-10-8-23(9-11-24)35-15-17-40-18-16-35)31-30(27-7-5-6-14-33-27)34-32(41)37(31)28-20-25(38-3)12-13-29(28)39-4/h5-14,19-20,30-31H,15-18H2,1-4H3,(H,34,41)/t30-,31-/m0/s1. The average molecular weight is 570 g/mol. The summed E-state index contributed by atoms with van der Waals surface area (Å²) in [5.74, 6) is 1.45. The highest BCUT2D eigenvalue weighted by atomic mass is 32.1. The number of thiocarbonyl (C=S) groups is 1. The van der Waals surface area contributed by atoms with Crippen molar-refractivity contribution < 1.29 is 14.2 Å². The molecule has 2 aliphatic rings. The SMILES string of the molecule is COc1ccc(OC)c(N2C(=S)N[C@@H](c3ccccn3)[C@@H]2c2cc(C)n(-c3ccc(N4CCOCC4)cc3)c2C)c1. The first-order valence-corrected chi connectivity index (χ1v) is 14.3. The lowest BCUT2D eigenvalue weighted by Gasteiger charge is -2.29. The summed E-state index contributed by atoms with van der Waals surface area (Å²) in [4.78, 5) is 9.24. The number of pyridine rings is 1. The van der Waals surface area contributed by atoms with Gasteiger partial charge in [0, 0.05) is 48.1 Å². The van der Waals surface area contributed by atoms with Crippen LogP contribution in [0, 0.1) is 13.8 Å². The van der Waals surface area contributed by atoms with Crippen LogP contribution in [0.3, 0.4) is 0 Å². The van der Waals surface area contributed by atoms with Gasteiger partial charge in [0.1, 0.15) is 11.5 Å². The lowest BCUT2D eigenvalue weighted by Crippen LogP contribution is -2.36. The molecule has 1 N–H and O–H groups in total. The van der Waals surface area contributed by atoms with E-state index in [9.17, 15) is 0 Å². The van der Waals surface area contributed by atoms with Gasteiger partial charge in [0.25, 0.3) is 0 Å². The van der Waals surface area contributed by atoms with Crippen LogP contribution < -0.4 is 24.6 Å². The highest BCUT2D eigenvalue weighted by Crippen LogP contribution is 2.47. The van der Waals surface area contributed by atoms with E-state index in [2.05, 4.69) is 63.9 Å². The molecule has 41 heavy (non-hydrogen) atoms. The maximum Gasteiger partial charge on any atom is 0.174 e. The normalized spacial score (nSPS) is 18.9. The molecule has 0 unspecified atom stereocenters. The van der Waals surface area contributed by atoms with Gasteiger partial charge in [0.05, 0.1) is 50.9 Å². The van der Waals surface area contributed by atoms with Crippen LogP contribution >= 0.6 is 12.2 Å². The molecule has 212 valence electrons. The topological polar surface area (TPSA) is 64.0 Å². The Bertz CT molecular complexity index is 1530. The number of nitrogens with zero attached hydrogens (tertiary/aromatic N) is 4. The van der Waals surface area contributed by atoms with Crippen LogP contribution in [0.1, 0.15) is 34.7 Å². The predicted octanol–water partition coefficient (Wildman–Crippen LogP) is 5.52. The summed E-state index contributed by atoms with van der Waals surface area (Å²) in [6.45, 7) is 7.69. The van der Waals surface area contributed by atoms with Crippen LogP contribution in [0.15, 0.2) is 72.9 Å². The lowest BCUT2D eigenvalue weighted by molar-refractivity contribution is 0.122. The Morgan fingerprint density at radius 3 is 2.37 bits per heavy atom. The number of rotatable bonds is 7. The van der Waals surface area contributed by atoms with Crippen LogP contribution in [0.5, 0.6) is 11.5 Å².